The highest BCUT2D eigenvalue weighted by atomic mass is 15.2. The van der Waals surface area contributed by atoms with E-state index in [1.807, 2.05) is 0 Å². The van der Waals surface area contributed by atoms with Crippen LogP contribution in [0.3, 0.4) is 0 Å². The normalized spacial score (nSPS) is 17.1. The molecule has 0 spiro atoms. The summed E-state index contributed by atoms with van der Waals surface area (Å²) in [6.07, 6.45) is 4.33. The van der Waals surface area contributed by atoms with Crippen LogP contribution in [0.5, 0.6) is 0 Å². The third-order valence-corrected chi connectivity index (χ3v) is 6.97. The molecule has 0 amide bonds. The van der Waals surface area contributed by atoms with Crippen molar-refractivity contribution in [2.45, 2.75) is 45.7 Å². The number of anilines is 2. The van der Waals surface area contributed by atoms with Gasteiger partial charge in [0.1, 0.15) is 17.7 Å². The van der Waals surface area contributed by atoms with Crippen LogP contribution in [0.2, 0.25) is 0 Å². The van der Waals surface area contributed by atoms with Crippen LogP contribution in [0.1, 0.15) is 48.4 Å². The molecule has 2 aliphatic rings. The van der Waals surface area contributed by atoms with E-state index in [0.717, 1.165) is 81.8 Å². The smallest absolute Gasteiger partial charge is 0.146 e. The van der Waals surface area contributed by atoms with Crippen molar-refractivity contribution in [3.05, 3.63) is 52.6 Å². The molecular weight excluding hydrogens is 408 g/mol. The van der Waals surface area contributed by atoms with Gasteiger partial charge in [0.15, 0.2) is 0 Å². The van der Waals surface area contributed by atoms with Crippen molar-refractivity contribution in [1.82, 2.24) is 14.8 Å². The molecule has 6 nitrogen and oxygen atoms in total. The highest BCUT2D eigenvalue weighted by Gasteiger charge is 2.29. The lowest BCUT2D eigenvalue weighted by atomic mass is 9.93. The van der Waals surface area contributed by atoms with Crippen molar-refractivity contribution in [1.29, 1.82) is 5.26 Å². The van der Waals surface area contributed by atoms with Crippen LogP contribution in [-0.4, -0.2) is 61.6 Å². The Balaban J connectivity index is 1.62. The van der Waals surface area contributed by atoms with E-state index in [2.05, 4.69) is 77.4 Å². The summed E-state index contributed by atoms with van der Waals surface area (Å²) in [5.41, 5.74) is 4.56. The van der Waals surface area contributed by atoms with Crippen LogP contribution in [0.4, 0.5) is 11.6 Å². The van der Waals surface area contributed by atoms with Gasteiger partial charge in [-0.15, -0.1) is 0 Å². The van der Waals surface area contributed by atoms with Gasteiger partial charge in [-0.05, 0) is 63.4 Å². The van der Waals surface area contributed by atoms with E-state index in [-0.39, 0.29) is 0 Å². The van der Waals surface area contributed by atoms with Crippen LogP contribution in [0.15, 0.2) is 30.3 Å². The van der Waals surface area contributed by atoms with Crippen LogP contribution >= 0.6 is 0 Å². The molecule has 33 heavy (non-hydrogen) atoms. The van der Waals surface area contributed by atoms with Crippen molar-refractivity contribution >= 4 is 11.6 Å². The predicted octanol–water partition coefficient (Wildman–Crippen LogP) is 4.11. The van der Waals surface area contributed by atoms with Crippen molar-refractivity contribution < 1.29 is 0 Å². The second-order valence-corrected chi connectivity index (χ2v) is 9.93. The maximum atomic E-state index is 10.1. The Bertz CT molecular complexity index is 957. The van der Waals surface area contributed by atoms with Crippen molar-refractivity contribution in [2.24, 2.45) is 5.92 Å². The van der Waals surface area contributed by atoms with Crippen molar-refractivity contribution in [3.8, 4) is 6.07 Å². The van der Waals surface area contributed by atoms with Gasteiger partial charge in [-0.3, -0.25) is 4.90 Å². The van der Waals surface area contributed by atoms with Crippen LogP contribution in [0.25, 0.3) is 0 Å². The van der Waals surface area contributed by atoms with E-state index in [9.17, 15) is 5.26 Å². The zero-order valence-electron chi connectivity index (χ0n) is 20.5. The number of nitrogens with zero attached hydrogens (tertiary/aromatic N) is 5. The monoisotopic (exact) mass is 446 g/mol. The van der Waals surface area contributed by atoms with Gasteiger partial charge in [0.05, 0.1) is 5.56 Å². The number of piperidine rings is 1. The first-order valence-corrected chi connectivity index (χ1v) is 12.4. The lowest BCUT2D eigenvalue weighted by Crippen LogP contribution is -2.37. The third kappa shape index (κ3) is 5.85. The zero-order valence-corrected chi connectivity index (χ0v) is 20.5. The molecule has 0 radical (unpaired) electrons. The topological polar surface area (TPSA) is 58.4 Å². The van der Waals surface area contributed by atoms with E-state index in [4.69, 9.17) is 4.98 Å². The fourth-order valence-corrected chi connectivity index (χ4v) is 4.98. The fourth-order valence-electron chi connectivity index (χ4n) is 4.98. The Kier molecular flexibility index (Phi) is 7.85. The van der Waals surface area contributed by atoms with Crippen molar-refractivity contribution in [2.75, 3.05) is 57.0 Å². The second kappa shape index (κ2) is 11.0. The Labute approximate surface area is 199 Å². The SMILES string of the molecule is CC1CCN(c2nc(NCCCN(C)C)c(C#N)c3c2CN(Cc2ccccc2)CC3)CC1. The predicted molar refractivity (Wildman–Crippen MR) is 135 cm³/mol. The summed E-state index contributed by atoms with van der Waals surface area (Å²) in [7, 11) is 4.18. The average molecular weight is 447 g/mol. The minimum Gasteiger partial charge on any atom is -0.369 e. The van der Waals surface area contributed by atoms with E-state index >= 15 is 0 Å². The molecule has 4 rings (SSSR count). The van der Waals surface area contributed by atoms with E-state index in [1.54, 1.807) is 0 Å². The van der Waals surface area contributed by atoms with Gasteiger partial charge in [-0.1, -0.05) is 37.3 Å². The summed E-state index contributed by atoms with van der Waals surface area (Å²) >= 11 is 0. The molecule has 0 unspecified atom stereocenters. The van der Waals surface area contributed by atoms with E-state index < -0.39 is 0 Å². The van der Waals surface area contributed by atoms with Gasteiger partial charge in [-0.2, -0.15) is 5.26 Å². The standard InChI is InChI=1S/C27H38N6/c1-21-10-16-33(17-11-21)27-25-20-32(19-22-8-5-4-6-9-22)15-12-23(25)24(18-28)26(30-27)29-13-7-14-31(2)3/h4-6,8-9,21H,7,10-17,19-20H2,1-3H3,(H,29,30). The Morgan fingerprint density at radius 3 is 2.58 bits per heavy atom. The maximum Gasteiger partial charge on any atom is 0.146 e. The highest BCUT2D eigenvalue weighted by Crippen LogP contribution is 2.35. The molecule has 1 aromatic carbocycles. The molecule has 1 fully saturated rings. The zero-order chi connectivity index (χ0) is 23.2. The van der Waals surface area contributed by atoms with Gasteiger partial charge >= 0.3 is 0 Å². The number of hydrogen-bond donors (Lipinski definition) is 1. The maximum absolute atomic E-state index is 10.1. The van der Waals surface area contributed by atoms with E-state index in [0.29, 0.717) is 0 Å². The first-order valence-electron chi connectivity index (χ1n) is 12.4. The minimum atomic E-state index is 0.753. The largest absolute Gasteiger partial charge is 0.369 e. The summed E-state index contributed by atoms with van der Waals surface area (Å²) in [5.74, 6) is 2.65. The number of rotatable bonds is 8. The quantitative estimate of drug-likeness (QED) is 0.616. The fraction of sp³-hybridized carbons (Fsp3) is 0.556. The molecule has 6 heteroatoms. The molecule has 1 aromatic heterocycles. The molecule has 0 atom stereocenters. The molecule has 2 aliphatic heterocycles. The number of pyridine rings is 1. The number of nitriles is 1. The molecular formula is C27H38N6. The summed E-state index contributed by atoms with van der Waals surface area (Å²) < 4.78 is 0. The van der Waals surface area contributed by atoms with Crippen molar-refractivity contribution in [3.63, 3.8) is 0 Å². The van der Waals surface area contributed by atoms with Gasteiger partial charge in [-0.25, -0.2) is 4.98 Å². The third-order valence-electron chi connectivity index (χ3n) is 6.97. The summed E-state index contributed by atoms with van der Waals surface area (Å²) in [6, 6.07) is 13.2. The van der Waals surface area contributed by atoms with Crippen LogP contribution < -0.4 is 10.2 Å². The summed E-state index contributed by atoms with van der Waals surface area (Å²) in [6.45, 7) is 9.05. The van der Waals surface area contributed by atoms with Gasteiger partial charge in [0, 0.05) is 44.8 Å². The Morgan fingerprint density at radius 2 is 1.88 bits per heavy atom. The number of fused-ring (bicyclic) bond motifs is 1. The summed E-state index contributed by atoms with van der Waals surface area (Å²) in [5, 5.41) is 13.6. The number of aromatic nitrogens is 1. The minimum absolute atomic E-state index is 0.753. The molecule has 1 N–H and O–H groups in total. The lowest BCUT2D eigenvalue weighted by molar-refractivity contribution is 0.245. The Hall–Kier alpha value is -2.62. The first kappa shape index (κ1) is 23.5. The number of hydrogen-bond acceptors (Lipinski definition) is 6. The van der Waals surface area contributed by atoms with Crippen LogP contribution in [0, 0.1) is 17.2 Å². The van der Waals surface area contributed by atoms with Gasteiger partial charge in [0.2, 0.25) is 0 Å². The first-order chi connectivity index (χ1) is 16.0. The van der Waals surface area contributed by atoms with Gasteiger partial charge in [0.25, 0.3) is 0 Å². The highest BCUT2D eigenvalue weighted by molar-refractivity contribution is 5.67. The number of benzene rings is 1. The Morgan fingerprint density at radius 1 is 1.12 bits per heavy atom. The van der Waals surface area contributed by atoms with Gasteiger partial charge < -0.3 is 15.1 Å². The second-order valence-electron chi connectivity index (χ2n) is 9.93. The molecule has 0 aliphatic carbocycles. The van der Waals surface area contributed by atoms with E-state index in [1.165, 1.54) is 29.5 Å². The summed E-state index contributed by atoms with van der Waals surface area (Å²) in [4.78, 5) is 12.3. The average Bonchev–Trinajstić information content (AvgIpc) is 2.82. The van der Waals surface area contributed by atoms with Crippen LogP contribution in [-0.2, 0) is 19.5 Å². The molecule has 2 aromatic rings. The molecule has 1 saturated heterocycles. The molecule has 0 saturated carbocycles. The molecule has 3 heterocycles. The molecule has 176 valence electrons. The lowest BCUT2D eigenvalue weighted by Gasteiger charge is -2.37. The number of nitrogens with one attached hydrogen (secondary N) is 1. The molecule has 0 bridgehead atoms.